The Balaban J connectivity index is 2.63. The van der Waals surface area contributed by atoms with Crippen LogP contribution in [0.15, 0.2) is 0 Å². The van der Waals surface area contributed by atoms with Gasteiger partial charge in [-0.1, -0.05) is 0 Å². The third-order valence-corrected chi connectivity index (χ3v) is 3.31. The van der Waals surface area contributed by atoms with E-state index in [0.29, 0.717) is 13.1 Å². The molecule has 98 valence electrons. The van der Waals surface area contributed by atoms with Crippen LogP contribution in [0.4, 0.5) is 0 Å². The lowest BCUT2D eigenvalue weighted by Gasteiger charge is -2.30. The highest BCUT2D eigenvalue weighted by molar-refractivity contribution is 5.82. The Morgan fingerprint density at radius 3 is 2.65 bits per heavy atom. The van der Waals surface area contributed by atoms with Crippen LogP contribution in [-0.2, 0) is 9.59 Å². The molecule has 5 heteroatoms. The maximum atomic E-state index is 11.9. The highest BCUT2D eigenvalue weighted by atomic mass is 16.2. The Labute approximate surface area is 103 Å². The average Bonchev–Trinajstić information content (AvgIpc) is 2.71. The molecular formula is C12H23N3O2. The van der Waals surface area contributed by atoms with Gasteiger partial charge in [-0.3, -0.25) is 9.59 Å². The van der Waals surface area contributed by atoms with E-state index in [4.69, 9.17) is 5.73 Å². The van der Waals surface area contributed by atoms with E-state index in [-0.39, 0.29) is 17.9 Å². The average molecular weight is 241 g/mol. The fraction of sp³-hybridized carbons (Fsp3) is 0.833. The Morgan fingerprint density at radius 1 is 1.53 bits per heavy atom. The Hall–Kier alpha value is -1.10. The van der Waals surface area contributed by atoms with Gasteiger partial charge < -0.3 is 15.5 Å². The first-order valence-corrected chi connectivity index (χ1v) is 6.29. The van der Waals surface area contributed by atoms with E-state index in [1.165, 1.54) is 0 Å². The molecular weight excluding hydrogens is 218 g/mol. The third-order valence-electron chi connectivity index (χ3n) is 3.31. The number of carbonyl (C=O) groups excluding carboxylic acids is 2. The molecule has 1 heterocycles. The Bertz CT molecular complexity index is 291. The molecule has 1 fully saturated rings. The van der Waals surface area contributed by atoms with Crippen LogP contribution in [0.5, 0.6) is 0 Å². The van der Waals surface area contributed by atoms with Crippen LogP contribution >= 0.6 is 0 Å². The lowest BCUT2D eigenvalue weighted by atomic mass is 10.2. The molecule has 0 aromatic rings. The third kappa shape index (κ3) is 3.43. The van der Waals surface area contributed by atoms with E-state index in [1.807, 2.05) is 11.8 Å². The minimum absolute atomic E-state index is 0.00731. The molecule has 2 atom stereocenters. The number of nitrogens with two attached hydrogens (primary N) is 1. The van der Waals surface area contributed by atoms with Crippen molar-refractivity contribution in [3.63, 3.8) is 0 Å². The summed E-state index contributed by atoms with van der Waals surface area (Å²) in [4.78, 5) is 26.9. The monoisotopic (exact) mass is 241 g/mol. The van der Waals surface area contributed by atoms with Crippen LogP contribution in [0.1, 0.15) is 33.6 Å². The summed E-state index contributed by atoms with van der Waals surface area (Å²) >= 11 is 0. The van der Waals surface area contributed by atoms with Gasteiger partial charge in [0, 0.05) is 32.6 Å². The molecule has 0 aliphatic carbocycles. The molecule has 0 spiro atoms. The summed E-state index contributed by atoms with van der Waals surface area (Å²) in [6.07, 6.45) is 1.96. The van der Waals surface area contributed by atoms with E-state index in [0.717, 1.165) is 19.4 Å². The molecule has 1 saturated heterocycles. The second-order valence-corrected chi connectivity index (χ2v) is 4.67. The summed E-state index contributed by atoms with van der Waals surface area (Å²) in [5.74, 6) is 0.0553. The first-order chi connectivity index (χ1) is 7.97. The molecule has 1 rings (SSSR count). The maximum Gasteiger partial charge on any atom is 0.239 e. The normalized spacial score (nSPS) is 21.4. The van der Waals surface area contributed by atoms with E-state index in [2.05, 4.69) is 0 Å². The predicted molar refractivity (Wildman–Crippen MR) is 66.3 cm³/mol. The number of hydrogen-bond acceptors (Lipinski definition) is 3. The second kappa shape index (κ2) is 6.00. The SMILES string of the molecule is CCN(CC1CCCN1C(=O)[C@H](C)N)C(C)=O. The van der Waals surface area contributed by atoms with Crippen LogP contribution < -0.4 is 5.73 Å². The van der Waals surface area contributed by atoms with Crippen molar-refractivity contribution in [1.82, 2.24) is 9.80 Å². The molecule has 0 saturated carbocycles. The van der Waals surface area contributed by atoms with Gasteiger partial charge in [0.2, 0.25) is 11.8 Å². The van der Waals surface area contributed by atoms with Gasteiger partial charge >= 0.3 is 0 Å². The number of likely N-dealkylation sites (N-methyl/N-ethyl adjacent to an activating group) is 1. The zero-order chi connectivity index (χ0) is 13.0. The van der Waals surface area contributed by atoms with Crippen molar-refractivity contribution in [3.8, 4) is 0 Å². The molecule has 1 unspecified atom stereocenters. The zero-order valence-corrected chi connectivity index (χ0v) is 11.0. The van der Waals surface area contributed by atoms with Crippen LogP contribution in [0.25, 0.3) is 0 Å². The van der Waals surface area contributed by atoms with Gasteiger partial charge in [-0.15, -0.1) is 0 Å². The van der Waals surface area contributed by atoms with Crippen molar-refractivity contribution in [3.05, 3.63) is 0 Å². The molecule has 0 bridgehead atoms. The fourth-order valence-electron chi connectivity index (χ4n) is 2.31. The van der Waals surface area contributed by atoms with E-state index < -0.39 is 6.04 Å². The quantitative estimate of drug-likeness (QED) is 0.764. The van der Waals surface area contributed by atoms with Crippen LogP contribution in [0, 0.1) is 0 Å². The number of nitrogens with zero attached hydrogens (tertiary/aromatic N) is 2. The van der Waals surface area contributed by atoms with Crippen molar-refractivity contribution in [2.75, 3.05) is 19.6 Å². The van der Waals surface area contributed by atoms with Gasteiger partial charge in [0.25, 0.3) is 0 Å². The topological polar surface area (TPSA) is 66.6 Å². The number of hydrogen-bond donors (Lipinski definition) is 1. The highest BCUT2D eigenvalue weighted by Gasteiger charge is 2.31. The van der Waals surface area contributed by atoms with Gasteiger partial charge in [0.05, 0.1) is 6.04 Å². The molecule has 1 aliphatic heterocycles. The molecule has 2 N–H and O–H groups in total. The lowest BCUT2D eigenvalue weighted by molar-refractivity contribution is -0.136. The van der Waals surface area contributed by atoms with Crippen molar-refractivity contribution < 1.29 is 9.59 Å². The Morgan fingerprint density at radius 2 is 2.18 bits per heavy atom. The smallest absolute Gasteiger partial charge is 0.239 e. The number of rotatable bonds is 4. The van der Waals surface area contributed by atoms with E-state index >= 15 is 0 Å². The van der Waals surface area contributed by atoms with Crippen LogP contribution in [0.2, 0.25) is 0 Å². The highest BCUT2D eigenvalue weighted by Crippen LogP contribution is 2.19. The summed E-state index contributed by atoms with van der Waals surface area (Å²) in [7, 11) is 0. The standard InChI is InChI=1S/C12H23N3O2/c1-4-14(10(3)16)8-11-6-5-7-15(11)12(17)9(2)13/h9,11H,4-8,13H2,1-3H3/t9-,11?/m0/s1. The zero-order valence-electron chi connectivity index (χ0n) is 11.0. The van der Waals surface area contributed by atoms with Crippen LogP contribution in [0.3, 0.4) is 0 Å². The minimum Gasteiger partial charge on any atom is -0.341 e. The molecule has 1 aliphatic rings. The molecule has 17 heavy (non-hydrogen) atoms. The molecule has 5 nitrogen and oxygen atoms in total. The second-order valence-electron chi connectivity index (χ2n) is 4.67. The fourth-order valence-corrected chi connectivity index (χ4v) is 2.31. The summed E-state index contributed by atoms with van der Waals surface area (Å²) in [5.41, 5.74) is 5.63. The lowest BCUT2D eigenvalue weighted by Crippen LogP contribution is -2.49. The summed E-state index contributed by atoms with van der Waals surface area (Å²) in [5, 5.41) is 0. The van der Waals surface area contributed by atoms with Gasteiger partial charge in [-0.2, -0.15) is 0 Å². The summed E-state index contributed by atoms with van der Waals surface area (Å²) in [6.45, 7) is 7.31. The van der Waals surface area contributed by atoms with Gasteiger partial charge in [-0.05, 0) is 26.7 Å². The van der Waals surface area contributed by atoms with Gasteiger partial charge in [-0.25, -0.2) is 0 Å². The largest absolute Gasteiger partial charge is 0.341 e. The van der Waals surface area contributed by atoms with Crippen molar-refractivity contribution in [2.24, 2.45) is 5.73 Å². The van der Waals surface area contributed by atoms with Gasteiger partial charge in [0.1, 0.15) is 0 Å². The van der Waals surface area contributed by atoms with Crippen molar-refractivity contribution >= 4 is 11.8 Å². The first-order valence-electron chi connectivity index (χ1n) is 6.29. The summed E-state index contributed by atoms with van der Waals surface area (Å²) in [6, 6.07) is -0.319. The molecule has 0 aromatic heterocycles. The van der Waals surface area contributed by atoms with E-state index in [1.54, 1.807) is 18.7 Å². The number of amides is 2. The first kappa shape index (κ1) is 14.0. The van der Waals surface area contributed by atoms with Crippen LogP contribution in [-0.4, -0.2) is 53.3 Å². The molecule has 2 amide bonds. The molecule has 0 aromatic carbocycles. The van der Waals surface area contributed by atoms with Gasteiger partial charge in [0.15, 0.2) is 0 Å². The summed E-state index contributed by atoms with van der Waals surface area (Å²) < 4.78 is 0. The number of likely N-dealkylation sites (tertiary alicyclic amines) is 1. The minimum atomic E-state index is -0.456. The van der Waals surface area contributed by atoms with Crippen molar-refractivity contribution in [1.29, 1.82) is 0 Å². The van der Waals surface area contributed by atoms with Crippen molar-refractivity contribution in [2.45, 2.75) is 45.7 Å². The Kier molecular flexibility index (Phi) is 4.93. The maximum absolute atomic E-state index is 11.9. The number of carbonyl (C=O) groups is 2. The van der Waals surface area contributed by atoms with E-state index in [9.17, 15) is 9.59 Å². The molecule has 0 radical (unpaired) electrons. The predicted octanol–water partition coefficient (Wildman–Crippen LogP) is 0.193.